The van der Waals surface area contributed by atoms with Crippen LogP contribution in [-0.4, -0.2) is 45.9 Å². The van der Waals surface area contributed by atoms with Crippen LogP contribution >= 0.6 is 0 Å². The molecule has 1 saturated heterocycles. The molecule has 0 unspecified atom stereocenters. The zero-order valence-corrected chi connectivity index (χ0v) is 17.5. The summed E-state index contributed by atoms with van der Waals surface area (Å²) in [6, 6.07) is 10.8. The van der Waals surface area contributed by atoms with Gasteiger partial charge in [-0.15, -0.1) is 0 Å². The van der Waals surface area contributed by atoms with Gasteiger partial charge >= 0.3 is 0 Å². The van der Waals surface area contributed by atoms with Crippen molar-refractivity contribution in [1.82, 2.24) is 20.4 Å². The lowest BCUT2D eigenvalue weighted by atomic mass is 10.0. The van der Waals surface area contributed by atoms with E-state index in [1.807, 2.05) is 32.0 Å². The Kier molecular flexibility index (Phi) is 5.47. The molecule has 162 valence electrons. The molecule has 2 N–H and O–H groups in total. The minimum Gasteiger partial charge on any atom is -0.348 e. The van der Waals surface area contributed by atoms with Crippen LogP contribution < -0.4 is 5.32 Å². The molecule has 0 saturated carbocycles. The van der Waals surface area contributed by atoms with Crippen molar-refractivity contribution in [3.8, 4) is 11.3 Å². The fourth-order valence-electron chi connectivity index (χ4n) is 3.97. The maximum atomic E-state index is 13.3. The molecule has 0 radical (unpaired) electrons. The molecule has 1 aromatic heterocycles. The number of carbonyl (C=O) groups is 2. The first-order valence-corrected chi connectivity index (χ1v) is 10.5. The van der Waals surface area contributed by atoms with Gasteiger partial charge in [-0.2, -0.15) is 5.10 Å². The van der Waals surface area contributed by atoms with Crippen molar-refractivity contribution in [2.45, 2.75) is 39.2 Å². The first-order valence-electron chi connectivity index (χ1n) is 10.5. The highest BCUT2D eigenvalue weighted by molar-refractivity contribution is 6.02. The van der Waals surface area contributed by atoms with Crippen LogP contribution in [0.5, 0.6) is 0 Å². The van der Waals surface area contributed by atoms with Gasteiger partial charge in [0, 0.05) is 54.6 Å². The first kappa shape index (κ1) is 21.0. The van der Waals surface area contributed by atoms with Crippen LogP contribution in [0.4, 0.5) is 8.78 Å². The van der Waals surface area contributed by atoms with E-state index in [1.165, 1.54) is 4.90 Å². The molecule has 31 heavy (non-hydrogen) atoms. The largest absolute Gasteiger partial charge is 0.348 e. The predicted molar refractivity (Wildman–Crippen MR) is 114 cm³/mol. The monoisotopic (exact) mass is 426 g/mol. The first-order chi connectivity index (χ1) is 14.9. The van der Waals surface area contributed by atoms with Gasteiger partial charge in [0.05, 0.1) is 11.2 Å². The Hall–Kier alpha value is -3.29. The molecule has 0 aliphatic carbocycles. The third kappa shape index (κ3) is 3.89. The van der Waals surface area contributed by atoms with E-state index in [2.05, 4.69) is 15.5 Å². The quantitative estimate of drug-likeness (QED) is 0.639. The molecule has 3 heterocycles. The molecular formula is C23H24F2N4O2. The number of amides is 2. The number of hydrogen-bond acceptors (Lipinski definition) is 3. The Morgan fingerprint density at radius 1 is 1.10 bits per heavy atom. The van der Waals surface area contributed by atoms with E-state index in [0.29, 0.717) is 23.2 Å². The van der Waals surface area contributed by atoms with Crippen LogP contribution in [-0.2, 0) is 6.54 Å². The van der Waals surface area contributed by atoms with Gasteiger partial charge in [-0.3, -0.25) is 14.7 Å². The maximum Gasteiger partial charge on any atom is 0.253 e. The molecule has 1 fully saturated rings. The van der Waals surface area contributed by atoms with Crippen molar-refractivity contribution in [3.63, 3.8) is 0 Å². The predicted octanol–water partition coefficient (Wildman–Crippen LogP) is 4.37. The number of H-pyrrole nitrogens is 1. The Labute approximate surface area is 178 Å². The summed E-state index contributed by atoms with van der Waals surface area (Å²) in [5.41, 5.74) is 4.36. The average Bonchev–Trinajstić information content (AvgIpc) is 3.37. The van der Waals surface area contributed by atoms with Gasteiger partial charge in [0.1, 0.15) is 0 Å². The molecule has 6 nitrogen and oxygen atoms in total. The molecule has 8 heteroatoms. The van der Waals surface area contributed by atoms with Crippen molar-refractivity contribution in [1.29, 1.82) is 0 Å². The number of benzene rings is 2. The number of aromatic nitrogens is 2. The van der Waals surface area contributed by atoms with Crippen LogP contribution in [0.25, 0.3) is 22.2 Å². The van der Waals surface area contributed by atoms with E-state index in [4.69, 9.17) is 0 Å². The smallest absolute Gasteiger partial charge is 0.253 e. The standard InChI is InChI=1S/C21H18F2N4O2.C2H6/c22-21(23)5-7-27(8-6-21)20(29)13-2-4-16-17(10-13)25-26-18(16)12-1-3-15-14(9-12)11-24-19(15)28;1-2/h1-4,9-10H,5-8,11H2,(H,24,28)(H,25,26);1-2H3. The molecule has 3 aromatic rings. The van der Waals surface area contributed by atoms with Crippen LogP contribution in [0.1, 0.15) is 53.0 Å². The number of piperidine rings is 1. The van der Waals surface area contributed by atoms with E-state index in [1.54, 1.807) is 18.2 Å². The van der Waals surface area contributed by atoms with E-state index >= 15 is 0 Å². The summed E-state index contributed by atoms with van der Waals surface area (Å²) < 4.78 is 26.7. The number of fused-ring (bicyclic) bond motifs is 2. The van der Waals surface area contributed by atoms with Gasteiger partial charge in [0.25, 0.3) is 17.7 Å². The van der Waals surface area contributed by atoms with Crippen molar-refractivity contribution in [2.24, 2.45) is 0 Å². The second-order valence-corrected chi connectivity index (χ2v) is 7.54. The lowest BCUT2D eigenvalue weighted by Gasteiger charge is -2.31. The number of nitrogens with one attached hydrogen (secondary N) is 2. The zero-order valence-electron chi connectivity index (χ0n) is 17.5. The number of aromatic amines is 1. The van der Waals surface area contributed by atoms with Crippen LogP contribution in [0.2, 0.25) is 0 Å². The number of halogens is 2. The average molecular weight is 426 g/mol. The third-order valence-corrected chi connectivity index (χ3v) is 5.65. The van der Waals surface area contributed by atoms with Crippen molar-refractivity contribution in [2.75, 3.05) is 13.1 Å². The van der Waals surface area contributed by atoms with Gasteiger partial charge in [-0.25, -0.2) is 8.78 Å². The summed E-state index contributed by atoms with van der Waals surface area (Å²) in [6.45, 7) is 4.61. The molecule has 2 aliphatic rings. The van der Waals surface area contributed by atoms with Crippen molar-refractivity contribution in [3.05, 3.63) is 53.1 Å². The molecular weight excluding hydrogens is 402 g/mol. The van der Waals surface area contributed by atoms with Gasteiger partial charge in [0.2, 0.25) is 0 Å². The molecule has 0 spiro atoms. The number of alkyl halides is 2. The number of nitrogens with zero attached hydrogens (tertiary/aromatic N) is 2. The van der Waals surface area contributed by atoms with Crippen molar-refractivity contribution < 1.29 is 18.4 Å². The minimum absolute atomic E-state index is 0.0555. The van der Waals surface area contributed by atoms with Gasteiger partial charge < -0.3 is 10.2 Å². The second-order valence-electron chi connectivity index (χ2n) is 7.54. The highest BCUT2D eigenvalue weighted by Gasteiger charge is 2.35. The molecule has 2 aliphatic heterocycles. The molecule has 2 aromatic carbocycles. The van der Waals surface area contributed by atoms with Gasteiger partial charge in [-0.05, 0) is 35.9 Å². The fraction of sp³-hybridized carbons (Fsp3) is 0.348. The normalized spacial score (nSPS) is 17.0. The van der Waals surface area contributed by atoms with E-state index < -0.39 is 5.92 Å². The van der Waals surface area contributed by atoms with Crippen LogP contribution in [0, 0.1) is 0 Å². The summed E-state index contributed by atoms with van der Waals surface area (Å²) in [5, 5.41) is 11.0. The fourth-order valence-corrected chi connectivity index (χ4v) is 3.97. The third-order valence-electron chi connectivity index (χ3n) is 5.65. The molecule has 0 atom stereocenters. The molecule has 0 bridgehead atoms. The van der Waals surface area contributed by atoms with Gasteiger partial charge in [0.15, 0.2) is 0 Å². The summed E-state index contributed by atoms with van der Waals surface area (Å²) in [7, 11) is 0. The van der Waals surface area contributed by atoms with Crippen molar-refractivity contribution >= 4 is 22.7 Å². The second kappa shape index (κ2) is 8.09. The SMILES string of the molecule is CC.O=C1NCc2cc(-c3n[nH]c4cc(C(=O)N5CCC(F)(F)CC5)ccc34)ccc21. The lowest BCUT2D eigenvalue weighted by molar-refractivity contribution is -0.0494. The minimum atomic E-state index is -2.69. The Balaban J connectivity index is 0.00000112. The molecule has 2 amide bonds. The zero-order chi connectivity index (χ0) is 22.2. The Bertz CT molecular complexity index is 1150. The maximum absolute atomic E-state index is 13.3. The number of hydrogen-bond donors (Lipinski definition) is 2. The van der Waals surface area contributed by atoms with E-state index in [0.717, 1.165) is 22.2 Å². The summed E-state index contributed by atoms with van der Waals surface area (Å²) in [4.78, 5) is 25.9. The van der Waals surface area contributed by atoms with Crippen LogP contribution in [0.15, 0.2) is 36.4 Å². The number of carbonyl (C=O) groups excluding carboxylic acids is 2. The van der Waals surface area contributed by atoms with Gasteiger partial charge in [-0.1, -0.05) is 19.9 Å². The highest BCUT2D eigenvalue weighted by Crippen LogP contribution is 2.31. The highest BCUT2D eigenvalue weighted by atomic mass is 19.3. The summed E-state index contributed by atoms with van der Waals surface area (Å²) in [6.07, 6.45) is -0.601. The Morgan fingerprint density at radius 3 is 2.58 bits per heavy atom. The lowest BCUT2D eigenvalue weighted by Crippen LogP contribution is -2.42. The topological polar surface area (TPSA) is 78.1 Å². The van der Waals surface area contributed by atoms with Crippen LogP contribution in [0.3, 0.4) is 0 Å². The summed E-state index contributed by atoms with van der Waals surface area (Å²) in [5.74, 6) is -3.01. The number of rotatable bonds is 2. The summed E-state index contributed by atoms with van der Waals surface area (Å²) >= 11 is 0. The van der Waals surface area contributed by atoms with E-state index in [-0.39, 0.29) is 37.7 Å². The number of likely N-dealkylation sites (tertiary alicyclic amines) is 1. The molecule has 5 rings (SSSR count). The Morgan fingerprint density at radius 2 is 1.84 bits per heavy atom. The van der Waals surface area contributed by atoms with E-state index in [9.17, 15) is 18.4 Å².